The first-order valence-corrected chi connectivity index (χ1v) is 8.42. The maximum absolute atomic E-state index is 12.5. The predicted molar refractivity (Wildman–Crippen MR) is 83.4 cm³/mol. The molecule has 22 heavy (non-hydrogen) atoms. The van der Waals surface area contributed by atoms with Crippen LogP contribution in [-0.4, -0.2) is 34.1 Å². The number of rotatable bonds is 3. The Kier molecular flexibility index (Phi) is 4.60. The smallest absolute Gasteiger partial charge is 0.226 e. The Labute approximate surface area is 131 Å². The molecule has 120 valence electrons. The third-order valence-corrected chi connectivity index (χ3v) is 4.72. The molecule has 2 heterocycles. The van der Waals surface area contributed by atoms with Gasteiger partial charge in [-0.25, -0.2) is 0 Å². The maximum atomic E-state index is 12.5. The number of hydrogen-bond acceptors (Lipinski definition) is 4. The SMILES string of the molecule is CC(C)c1nnc(C2CCN(C(=O)[C@@H]3CC=CCC3)CC2)o1. The van der Waals surface area contributed by atoms with Gasteiger partial charge in [-0.1, -0.05) is 26.0 Å². The summed E-state index contributed by atoms with van der Waals surface area (Å²) in [6, 6.07) is 0. The van der Waals surface area contributed by atoms with Crippen LogP contribution in [0.2, 0.25) is 0 Å². The number of nitrogens with zero attached hydrogens (tertiary/aromatic N) is 3. The summed E-state index contributed by atoms with van der Waals surface area (Å²) in [7, 11) is 0. The summed E-state index contributed by atoms with van der Waals surface area (Å²) < 4.78 is 5.76. The highest BCUT2D eigenvalue weighted by atomic mass is 16.4. The van der Waals surface area contributed by atoms with E-state index in [2.05, 4.69) is 36.2 Å². The minimum atomic E-state index is 0.192. The summed E-state index contributed by atoms with van der Waals surface area (Å²) in [5.74, 6) is 2.55. The van der Waals surface area contributed by atoms with Crippen LogP contribution < -0.4 is 0 Å². The molecule has 0 unspecified atom stereocenters. The Morgan fingerprint density at radius 1 is 1.23 bits per heavy atom. The second kappa shape index (κ2) is 6.63. The van der Waals surface area contributed by atoms with E-state index in [1.165, 1.54) is 0 Å². The van der Waals surface area contributed by atoms with Crippen molar-refractivity contribution >= 4 is 5.91 Å². The third kappa shape index (κ3) is 3.23. The number of likely N-dealkylation sites (tertiary alicyclic amines) is 1. The van der Waals surface area contributed by atoms with Gasteiger partial charge in [0, 0.05) is 30.8 Å². The summed E-state index contributed by atoms with van der Waals surface area (Å²) in [5.41, 5.74) is 0. The average Bonchev–Trinajstić information content (AvgIpc) is 3.05. The van der Waals surface area contributed by atoms with Crippen LogP contribution in [0.15, 0.2) is 16.6 Å². The van der Waals surface area contributed by atoms with Crippen LogP contribution in [0.3, 0.4) is 0 Å². The molecule has 0 aromatic carbocycles. The molecule has 0 radical (unpaired) electrons. The molecular weight excluding hydrogens is 278 g/mol. The van der Waals surface area contributed by atoms with Crippen LogP contribution in [-0.2, 0) is 4.79 Å². The van der Waals surface area contributed by atoms with Gasteiger partial charge >= 0.3 is 0 Å². The second-order valence-electron chi connectivity index (χ2n) is 6.71. The zero-order valence-electron chi connectivity index (χ0n) is 13.5. The van der Waals surface area contributed by atoms with E-state index >= 15 is 0 Å². The predicted octanol–water partition coefficient (Wildman–Crippen LogP) is 3.26. The largest absolute Gasteiger partial charge is 0.425 e. The van der Waals surface area contributed by atoms with Gasteiger partial charge in [0.15, 0.2) is 0 Å². The van der Waals surface area contributed by atoms with Crippen molar-refractivity contribution < 1.29 is 9.21 Å². The van der Waals surface area contributed by atoms with Crippen LogP contribution in [0.1, 0.15) is 69.6 Å². The van der Waals surface area contributed by atoms with Gasteiger partial charge in [0.2, 0.25) is 17.7 Å². The first-order valence-electron chi connectivity index (χ1n) is 8.42. The quantitative estimate of drug-likeness (QED) is 0.804. The molecule has 1 amide bonds. The molecule has 0 N–H and O–H groups in total. The van der Waals surface area contributed by atoms with E-state index in [9.17, 15) is 4.79 Å². The topological polar surface area (TPSA) is 59.2 Å². The molecule has 1 aromatic heterocycles. The fourth-order valence-corrected chi connectivity index (χ4v) is 3.27. The number of carbonyl (C=O) groups excluding carboxylic acids is 1. The van der Waals surface area contributed by atoms with Gasteiger partial charge in [-0.3, -0.25) is 4.79 Å². The molecule has 0 bridgehead atoms. The van der Waals surface area contributed by atoms with Crippen LogP contribution in [0.4, 0.5) is 0 Å². The summed E-state index contributed by atoms with van der Waals surface area (Å²) in [6.45, 7) is 5.72. The van der Waals surface area contributed by atoms with Gasteiger partial charge in [0.1, 0.15) is 0 Å². The Morgan fingerprint density at radius 2 is 2.00 bits per heavy atom. The van der Waals surface area contributed by atoms with Crippen LogP contribution in [0, 0.1) is 5.92 Å². The Balaban J connectivity index is 1.55. The van der Waals surface area contributed by atoms with E-state index in [-0.39, 0.29) is 11.8 Å². The number of piperidine rings is 1. The molecule has 1 saturated heterocycles. The van der Waals surface area contributed by atoms with Gasteiger partial charge in [0.05, 0.1) is 0 Å². The normalized spacial score (nSPS) is 23.2. The molecule has 3 rings (SSSR count). The van der Waals surface area contributed by atoms with E-state index in [0.29, 0.717) is 17.7 Å². The molecule has 1 aliphatic carbocycles. The van der Waals surface area contributed by atoms with Crippen molar-refractivity contribution in [1.82, 2.24) is 15.1 Å². The average molecular weight is 303 g/mol. The maximum Gasteiger partial charge on any atom is 0.226 e. The monoisotopic (exact) mass is 303 g/mol. The van der Waals surface area contributed by atoms with E-state index in [4.69, 9.17) is 4.42 Å². The molecule has 0 saturated carbocycles. The van der Waals surface area contributed by atoms with Crippen LogP contribution >= 0.6 is 0 Å². The van der Waals surface area contributed by atoms with Gasteiger partial charge in [-0.05, 0) is 32.1 Å². The third-order valence-electron chi connectivity index (χ3n) is 4.72. The Bertz CT molecular complexity index is 542. The second-order valence-corrected chi connectivity index (χ2v) is 6.71. The zero-order chi connectivity index (χ0) is 15.5. The lowest BCUT2D eigenvalue weighted by atomic mass is 9.91. The van der Waals surface area contributed by atoms with Crippen LogP contribution in [0.5, 0.6) is 0 Å². The lowest BCUT2D eigenvalue weighted by Crippen LogP contribution is -2.41. The highest BCUT2D eigenvalue weighted by Gasteiger charge is 2.30. The number of carbonyl (C=O) groups is 1. The van der Waals surface area contributed by atoms with E-state index < -0.39 is 0 Å². The molecule has 1 aromatic rings. The van der Waals surface area contributed by atoms with Crippen molar-refractivity contribution in [3.05, 3.63) is 23.9 Å². The lowest BCUT2D eigenvalue weighted by molar-refractivity contribution is -0.136. The Hall–Kier alpha value is -1.65. The van der Waals surface area contributed by atoms with Crippen molar-refractivity contribution in [2.45, 2.75) is 57.8 Å². The van der Waals surface area contributed by atoms with Gasteiger partial charge < -0.3 is 9.32 Å². The van der Waals surface area contributed by atoms with E-state index in [1.807, 2.05) is 4.90 Å². The molecular formula is C17H25N3O2. The Morgan fingerprint density at radius 3 is 2.59 bits per heavy atom. The summed E-state index contributed by atoms with van der Waals surface area (Å²) in [4.78, 5) is 14.6. The fourth-order valence-electron chi connectivity index (χ4n) is 3.27. The number of hydrogen-bond donors (Lipinski definition) is 0. The first-order chi connectivity index (χ1) is 10.6. The molecule has 1 aliphatic heterocycles. The van der Waals surface area contributed by atoms with Gasteiger partial charge in [-0.15, -0.1) is 10.2 Å². The van der Waals surface area contributed by atoms with E-state index in [0.717, 1.165) is 51.1 Å². The van der Waals surface area contributed by atoms with Crippen molar-refractivity contribution in [2.24, 2.45) is 5.92 Å². The van der Waals surface area contributed by atoms with E-state index in [1.54, 1.807) is 0 Å². The molecule has 5 nitrogen and oxygen atoms in total. The van der Waals surface area contributed by atoms with Gasteiger partial charge in [0.25, 0.3) is 0 Å². The summed E-state index contributed by atoms with van der Waals surface area (Å²) in [5, 5.41) is 8.31. The molecule has 1 fully saturated rings. The first kappa shape index (κ1) is 15.3. The highest BCUT2D eigenvalue weighted by Crippen LogP contribution is 2.30. The molecule has 0 spiro atoms. The zero-order valence-corrected chi connectivity index (χ0v) is 13.5. The number of amides is 1. The van der Waals surface area contributed by atoms with Gasteiger partial charge in [-0.2, -0.15) is 0 Å². The summed E-state index contributed by atoms with van der Waals surface area (Å²) >= 11 is 0. The van der Waals surface area contributed by atoms with Crippen molar-refractivity contribution in [2.75, 3.05) is 13.1 Å². The summed E-state index contributed by atoms with van der Waals surface area (Å²) in [6.07, 6.45) is 9.11. The number of aromatic nitrogens is 2. The minimum Gasteiger partial charge on any atom is -0.425 e. The van der Waals surface area contributed by atoms with Crippen molar-refractivity contribution in [3.8, 4) is 0 Å². The minimum absolute atomic E-state index is 0.192. The highest BCUT2D eigenvalue weighted by molar-refractivity contribution is 5.79. The lowest BCUT2D eigenvalue weighted by Gasteiger charge is -2.33. The molecule has 1 atom stereocenters. The standard InChI is InChI=1S/C17H25N3O2/c1-12(2)15-18-19-16(22-15)13-8-10-20(11-9-13)17(21)14-6-4-3-5-7-14/h3-4,12-14H,5-11H2,1-2H3/t14-/m1/s1. The molecule has 2 aliphatic rings. The van der Waals surface area contributed by atoms with Crippen molar-refractivity contribution in [3.63, 3.8) is 0 Å². The van der Waals surface area contributed by atoms with Crippen LogP contribution in [0.25, 0.3) is 0 Å². The number of allylic oxidation sites excluding steroid dienone is 2. The fraction of sp³-hybridized carbons (Fsp3) is 0.706. The molecule has 5 heteroatoms. The van der Waals surface area contributed by atoms with Crippen molar-refractivity contribution in [1.29, 1.82) is 0 Å².